The van der Waals surface area contributed by atoms with Crippen LogP contribution in [0.15, 0.2) is 72.8 Å². The van der Waals surface area contributed by atoms with Crippen molar-refractivity contribution in [3.63, 3.8) is 0 Å². The summed E-state index contributed by atoms with van der Waals surface area (Å²) in [5.41, 5.74) is 1.93. The number of carbonyl (C=O) groups is 1. The standard InChI is InChI=1S/C22H17ClO4/c23-17-10-11-18(16(13-17)12-15-6-2-1-3-7-15)27-22(24)21-14-25-19-8-4-5-9-20(19)26-21/h1-11,13,21H,12,14H2/t21-/m0/s1. The molecule has 0 unspecified atom stereocenters. The number of halogens is 1. The molecule has 1 aliphatic heterocycles. The average Bonchev–Trinajstić information content (AvgIpc) is 2.70. The fraction of sp³-hybridized carbons (Fsp3) is 0.136. The predicted molar refractivity (Wildman–Crippen MR) is 103 cm³/mol. The second-order valence-corrected chi connectivity index (χ2v) is 6.64. The summed E-state index contributed by atoms with van der Waals surface area (Å²) in [7, 11) is 0. The summed E-state index contributed by atoms with van der Waals surface area (Å²) in [5, 5.41) is 0.590. The zero-order valence-corrected chi connectivity index (χ0v) is 15.2. The van der Waals surface area contributed by atoms with E-state index in [0.717, 1.165) is 11.1 Å². The average molecular weight is 381 g/mol. The van der Waals surface area contributed by atoms with Gasteiger partial charge in [-0.2, -0.15) is 0 Å². The zero-order chi connectivity index (χ0) is 18.6. The molecule has 4 nitrogen and oxygen atoms in total. The minimum Gasteiger partial charge on any atom is -0.485 e. The second kappa shape index (κ2) is 7.72. The molecule has 1 aliphatic rings. The van der Waals surface area contributed by atoms with E-state index in [1.807, 2.05) is 48.5 Å². The van der Waals surface area contributed by atoms with Crippen molar-refractivity contribution in [2.24, 2.45) is 0 Å². The maximum absolute atomic E-state index is 12.6. The van der Waals surface area contributed by atoms with Crippen LogP contribution in [0.3, 0.4) is 0 Å². The zero-order valence-electron chi connectivity index (χ0n) is 14.4. The van der Waals surface area contributed by atoms with Gasteiger partial charge in [-0.3, -0.25) is 0 Å². The summed E-state index contributed by atoms with van der Waals surface area (Å²) in [6.07, 6.45) is -0.213. The molecule has 0 amide bonds. The molecule has 0 bridgehead atoms. The van der Waals surface area contributed by atoms with E-state index in [0.29, 0.717) is 28.7 Å². The lowest BCUT2D eigenvalue weighted by Crippen LogP contribution is -2.39. The van der Waals surface area contributed by atoms with Gasteiger partial charge in [0.2, 0.25) is 6.10 Å². The van der Waals surface area contributed by atoms with Crippen LogP contribution >= 0.6 is 11.6 Å². The van der Waals surface area contributed by atoms with Gasteiger partial charge in [0.05, 0.1) is 0 Å². The van der Waals surface area contributed by atoms with E-state index < -0.39 is 12.1 Å². The van der Waals surface area contributed by atoms with Crippen LogP contribution in [0, 0.1) is 0 Å². The van der Waals surface area contributed by atoms with Gasteiger partial charge in [0, 0.05) is 17.0 Å². The van der Waals surface area contributed by atoms with Crippen LogP contribution in [-0.2, 0) is 11.2 Å². The van der Waals surface area contributed by atoms with Gasteiger partial charge in [-0.05, 0) is 35.9 Å². The molecule has 0 saturated heterocycles. The quantitative estimate of drug-likeness (QED) is 0.487. The van der Waals surface area contributed by atoms with Crippen molar-refractivity contribution in [1.29, 1.82) is 0 Å². The van der Waals surface area contributed by atoms with Crippen molar-refractivity contribution < 1.29 is 19.0 Å². The predicted octanol–water partition coefficient (Wildman–Crippen LogP) is 4.68. The molecule has 0 radical (unpaired) electrons. The normalized spacial score (nSPS) is 15.2. The van der Waals surface area contributed by atoms with E-state index in [2.05, 4.69) is 0 Å². The summed E-state index contributed by atoms with van der Waals surface area (Å²) in [5.74, 6) is 1.13. The molecule has 0 saturated carbocycles. The Morgan fingerprint density at radius 2 is 1.74 bits per heavy atom. The third kappa shape index (κ3) is 4.07. The molecular weight excluding hydrogens is 364 g/mol. The topological polar surface area (TPSA) is 44.8 Å². The number of hydrogen-bond acceptors (Lipinski definition) is 4. The third-order valence-corrected chi connectivity index (χ3v) is 4.48. The molecule has 1 atom stereocenters. The molecule has 0 fully saturated rings. The van der Waals surface area contributed by atoms with Gasteiger partial charge < -0.3 is 14.2 Å². The minimum atomic E-state index is -0.819. The Labute approximate surface area is 162 Å². The number of esters is 1. The molecule has 4 rings (SSSR count). The van der Waals surface area contributed by atoms with E-state index >= 15 is 0 Å². The van der Waals surface area contributed by atoms with Crippen molar-refractivity contribution in [3.8, 4) is 17.2 Å². The number of ether oxygens (including phenoxy) is 3. The van der Waals surface area contributed by atoms with Crippen molar-refractivity contribution in [2.75, 3.05) is 6.61 Å². The third-order valence-electron chi connectivity index (χ3n) is 4.24. The van der Waals surface area contributed by atoms with E-state index in [1.54, 1.807) is 24.3 Å². The van der Waals surface area contributed by atoms with Crippen LogP contribution in [0.1, 0.15) is 11.1 Å². The molecule has 136 valence electrons. The van der Waals surface area contributed by atoms with Crippen molar-refractivity contribution >= 4 is 17.6 Å². The lowest BCUT2D eigenvalue weighted by atomic mass is 10.0. The highest BCUT2D eigenvalue weighted by atomic mass is 35.5. The van der Waals surface area contributed by atoms with Gasteiger partial charge in [-0.25, -0.2) is 4.79 Å². The van der Waals surface area contributed by atoms with E-state index in [9.17, 15) is 4.79 Å². The van der Waals surface area contributed by atoms with Gasteiger partial charge >= 0.3 is 5.97 Å². The Hall–Kier alpha value is -2.98. The second-order valence-electron chi connectivity index (χ2n) is 6.20. The summed E-state index contributed by atoms with van der Waals surface area (Å²) in [4.78, 5) is 12.6. The fourth-order valence-electron chi connectivity index (χ4n) is 2.91. The number of benzene rings is 3. The fourth-order valence-corrected chi connectivity index (χ4v) is 3.11. The molecular formula is C22H17ClO4. The molecule has 1 heterocycles. The SMILES string of the molecule is O=C(Oc1ccc(Cl)cc1Cc1ccccc1)[C@@H]1COc2ccccc2O1. The number of hydrogen-bond donors (Lipinski definition) is 0. The van der Waals surface area contributed by atoms with Crippen molar-refractivity contribution in [3.05, 3.63) is 88.9 Å². The Bertz CT molecular complexity index is 956. The van der Waals surface area contributed by atoms with Crippen LogP contribution in [0.5, 0.6) is 17.2 Å². The minimum absolute atomic E-state index is 0.109. The smallest absolute Gasteiger partial charge is 0.356 e. The van der Waals surface area contributed by atoms with Gasteiger partial charge in [0.25, 0.3) is 0 Å². The van der Waals surface area contributed by atoms with E-state index in [-0.39, 0.29) is 6.61 Å². The Balaban J connectivity index is 1.51. The number of para-hydroxylation sites is 2. The monoisotopic (exact) mass is 380 g/mol. The first-order valence-electron chi connectivity index (χ1n) is 8.61. The van der Waals surface area contributed by atoms with Crippen molar-refractivity contribution in [2.45, 2.75) is 12.5 Å². The van der Waals surface area contributed by atoms with Crippen LogP contribution < -0.4 is 14.2 Å². The maximum atomic E-state index is 12.6. The first-order valence-corrected chi connectivity index (χ1v) is 8.99. The lowest BCUT2D eigenvalue weighted by Gasteiger charge is -2.25. The van der Waals surface area contributed by atoms with Crippen LogP contribution in [0.2, 0.25) is 5.02 Å². The largest absolute Gasteiger partial charge is 0.485 e. The highest BCUT2D eigenvalue weighted by molar-refractivity contribution is 6.30. The molecule has 0 aromatic heterocycles. The van der Waals surface area contributed by atoms with Gasteiger partial charge in [0.1, 0.15) is 12.4 Å². The summed E-state index contributed by atoms with van der Waals surface area (Å²) < 4.78 is 16.9. The van der Waals surface area contributed by atoms with Crippen LogP contribution in [0.25, 0.3) is 0 Å². The molecule has 0 aliphatic carbocycles. The van der Waals surface area contributed by atoms with Crippen LogP contribution in [-0.4, -0.2) is 18.7 Å². The molecule has 3 aromatic rings. The number of rotatable bonds is 4. The first-order chi connectivity index (χ1) is 13.2. The molecule has 5 heteroatoms. The Morgan fingerprint density at radius 3 is 2.56 bits per heavy atom. The Kier molecular flexibility index (Phi) is 4.99. The molecule has 0 spiro atoms. The highest BCUT2D eigenvalue weighted by Crippen LogP contribution is 2.32. The van der Waals surface area contributed by atoms with Crippen LogP contribution in [0.4, 0.5) is 0 Å². The summed E-state index contributed by atoms with van der Waals surface area (Å²) in [6, 6.07) is 22.4. The highest BCUT2D eigenvalue weighted by Gasteiger charge is 2.29. The molecule has 27 heavy (non-hydrogen) atoms. The lowest BCUT2D eigenvalue weighted by molar-refractivity contribution is -0.144. The number of carbonyl (C=O) groups excluding carboxylic acids is 1. The summed E-state index contributed by atoms with van der Waals surface area (Å²) >= 11 is 6.14. The molecule has 3 aromatic carbocycles. The molecule has 0 N–H and O–H groups in total. The van der Waals surface area contributed by atoms with E-state index in [1.165, 1.54) is 0 Å². The van der Waals surface area contributed by atoms with Gasteiger partial charge in [-0.1, -0.05) is 54.1 Å². The van der Waals surface area contributed by atoms with E-state index in [4.69, 9.17) is 25.8 Å². The van der Waals surface area contributed by atoms with Gasteiger partial charge in [0.15, 0.2) is 11.5 Å². The van der Waals surface area contributed by atoms with Gasteiger partial charge in [-0.15, -0.1) is 0 Å². The first kappa shape index (κ1) is 17.4. The Morgan fingerprint density at radius 1 is 1.00 bits per heavy atom. The van der Waals surface area contributed by atoms with Crippen molar-refractivity contribution in [1.82, 2.24) is 0 Å². The summed E-state index contributed by atoms with van der Waals surface area (Å²) in [6.45, 7) is 0.109. The number of fused-ring (bicyclic) bond motifs is 1. The maximum Gasteiger partial charge on any atom is 0.356 e.